The lowest BCUT2D eigenvalue weighted by Crippen LogP contribution is -2.35. The zero-order valence-corrected chi connectivity index (χ0v) is 12.1. The van der Waals surface area contributed by atoms with Gasteiger partial charge in [0.1, 0.15) is 0 Å². The predicted molar refractivity (Wildman–Crippen MR) is 72.2 cm³/mol. The second-order valence-electron chi connectivity index (χ2n) is 4.66. The van der Waals surface area contributed by atoms with Crippen LogP contribution < -0.4 is 5.73 Å². The summed E-state index contributed by atoms with van der Waals surface area (Å²) >= 11 is 0. The van der Waals surface area contributed by atoms with Crippen LogP contribution in [0.3, 0.4) is 0 Å². The van der Waals surface area contributed by atoms with Gasteiger partial charge in [-0.15, -0.1) is 0 Å². The van der Waals surface area contributed by atoms with Crippen molar-refractivity contribution in [3.63, 3.8) is 0 Å². The number of nitrogens with zero attached hydrogens (tertiary/aromatic N) is 3. The van der Waals surface area contributed by atoms with Crippen LogP contribution in [0.25, 0.3) is 0 Å². The van der Waals surface area contributed by atoms with Gasteiger partial charge < -0.3 is 15.2 Å². The molecule has 0 saturated heterocycles. The molecule has 0 aliphatic heterocycles. The molecular weight excluding hydrogens is 228 g/mol. The lowest BCUT2D eigenvalue weighted by molar-refractivity contribution is 0.265. The van der Waals surface area contributed by atoms with Crippen molar-refractivity contribution in [3.05, 3.63) is 11.7 Å². The monoisotopic (exact) mass is 254 g/mol. The van der Waals surface area contributed by atoms with Gasteiger partial charge in [0, 0.05) is 13.0 Å². The summed E-state index contributed by atoms with van der Waals surface area (Å²) in [4.78, 5) is 6.77. The zero-order chi connectivity index (χ0) is 13.6. The molecule has 1 aromatic rings. The quantitative estimate of drug-likeness (QED) is 0.767. The Morgan fingerprint density at radius 1 is 1.17 bits per heavy atom. The maximum absolute atomic E-state index is 6.23. The minimum atomic E-state index is -0.472. The van der Waals surface area contributed by atoms with Gasteiger partial charge in [0.15, 0.2) is 5.82 Å². The molecule has 0 spiro atoms. The summed E-state index contributed by atoms with van der Waals surface area (Å²) in [5.74, 6) is 1.33. The molecule has 0 radical (unpaired) electrons. The fourth-order valence-corrected chi connectivity index (χ4v) is 1.91. The van der Waals surface area contributed by atoms with Crippen LogP contribution in [0.15, 0.2) is 4.52 Å². The van der Waals surface area contributed by atoms with Crippen molar-refractivity contribution in [2.24, 2.45) is 5.73 Å². The van der Waals surface area contributed by atoms with Gasteiger partial charge >= 0.3 is 0 Å². The minimum absolute atomic E-state index is 0.472. The van der Waals surface area contributed by atoms with Gasteiger partial charge in [0.05, 0.1) is 5.54 Å². The van der Waals surface area contributed by atoms with Crippen molar-refractivity contribution < 1.29 is 4.52 Å². The number of hydrogen-bond donors (Lipinski definition) is 1. The van der Waals surface area contributed by atoms with Crippen molar-refractivity contribution >= 4 is 0 Å². The number of likely N-dealkylation sites (N-methyl/N-ethyl adjacent to an activating group) is 1. The van der Waals surface area contributed by atoms with Gasteiger partial charge in [0.2, 0.25) is 5.89 Å². The zero-order valence-electron chi connectivity index (χ0n) is 12.1. The fraction of sp³-hybridized carbons (Fsp3) is 0.846. The summed E-state index contributed by atoms with van der Waals surface area (Å²) in [6.07, 6.45) is 2.43. The summed E-state index contributed by atoms with van der Waals surface area (Å²) in [6.45, 7) is 11.5. The lowest BCUT2D eigenvalue weighted by atomic mass is 9.94. The first-order valence-electron chi connectivity index (χ1n) is 6.93. The van der Waals surface area contributed by atoms with Gasteiger partial charge in [0.25, 0.3) is 0 Å². The van der Waals surface area contributed by atoms with Crippen molar-refractivity contribution in [1.29, 1.82) is 0 Å². The molecule has 18 heavy (non-hydrogen) atoms. The Labute approximate surface area is 110 Å². The minimum Gasteiger partial charge on any atom is -0.337 e. The number of hydrogen-bond acceptors (Lipinski definition) is 5. The van der Waals surface area contributed by atoms with Gasteiger partial charge in [-0.05, 0) is 25.9 Å². The van der Waals surface area contributed by atoms with E-state index in [1.807, 2.05) is 13.8 Å². The molecule has 5 nitrogen and oxygen atoms in total. The molecule has 1 aromatic heterocycles. The van der Waals surface area contributed by atoms with Crippen LogP contribution in [0, 0.1) is 0 Å². The van der Waals surface area contributed by atoms with Crippen LogP contribution in [0.5, 0.6) is 0 Å². The largest absolute Gasteiger partial charge is 0.337 e. The average Bonchev–Trinajstić information content (AvgIpc) is 2.88. The molecule has 0 bridgehead atoms. The fourth-order valence-electron chi connectivity index (χ4n) is 1.91. The summed E-state index contributed by atoms with van der Waals surface area (Å²) in [7, 11) is 0. The lowest BCUT2D eigenvalue weighted by Gasteiger charge is -2.21. The van der Waals surface area contributed by atoms with Crippen LogP contribution >= 0.6 is 0 Å². The van der Waals surface area contributed by atoms with E-state index in [4.69, 9.17) is 10.3 Å². The van der Waals surface area contributed by atoms with E-state index in [2.05, 4.69) is 28.9 Å². The van der Waals surface area contributed by atoms with Gasteiger partial charge in [-0.25, -0.2) is 0 Å². The smallest absolute Gasteiger partial charge is 0.246 e. The van der Waals surface area contributed by atoms with Gasteiger partial charge in [-0.3, -0.25) is 0 Å². The summed E-state index contributed by atoms with van der Waals surface area (Å²) in [5.41, 5.74) is 5.76. The van der Waals surface area contributed by atoms with Crippen molar-refractivity contribution in [2.45, 2.75) is 52.5 Å². The summed E-state index contributed by atoms with van der Waals surface area (Å²) in [6, 6.07) is 0. The van der Waals surface area contributed by atoms with E-state index >= 15 is 0 Å². The Hall–Kier alpha value is -0.940. The Bertz CT molecular complexity index is 343. The van der Waals surface area contributed by atoms with Crippen molar-refractivity contribution in [2.75, 3.05) is 19.6 Å². The highest BCUT2D eigenvalue weighted by molar-refractivity contribution is 5.01. The highest BCUT2D eigenvalue weighted by atomic mass is 16.5. The Morgan fingerprint density at radius 2 is 1.78 bits per heavy atom. The van der Waals surface area contributed by atoms with Crippen LogP contribution in [0.4, 0.5) is 0 Å². The molecular formula is C13H26N4O. The molecule has 0 aliphatic rings. The molecule has 5 heteroatoms. The Balaban J connectivity index is 2.63. The maximum Gasteiger partial charge on any atom is 0.246 e. The van der Waals surface area contributed by atoms with Crippen LogP contribution in [-0.2, 0) is 12.0 Å². The number of rotatable bonds is 8. The van der Waals surface area contributed by atoms with Crippen molar-refractivity contribution in [1.82, 2.24) is 15.0 Å². The molecule has 0 amide bonds. The van der Waals surface area contributed by atoms with E-state index in [1.165, 1.54) is 0 Å². The van der Waals surface area contributed by atoms with Gasteiger partial charge in [-0.1, -0.05) is 32.9 Å². The van der Waals surface area contributed by atoms with Crippen LogP contribution in [0.1, 0.15) is 52.3 Å². The molecule has 2 N–H and O–H groups in total. The van der Waals surface area contributed by atoms with E-state index < -0.39 is 5.54 Å². The van der Waals surface area contributed by atoms with Crippen LogP contribution in [-0.4, -0.2) is 34.7 Å². The second-order valence-corrected chi connectivity index (χ2v) is 4.66. The molecule has 104 valence electrons. The third kappa shape index (κ3) is 3.53. The highest BCUT2D eigenvalue weighted by Crippen LogP contribution is 2.23. The number of nitrogens with two attached hydrogens (primary N) is 1. The first kappa shape index (κ1) is 15.1. The van der Waals surface area contributed by atoms with E-state index in [1.54, 1.807) is 0 Å². The molecule has 1 rings (SSSR count). The van der Waals surface area contributed by atoms with E-state index in [-0.39, 0.29) is 0 Å². The molecule has 0 fully saturated rings. The summed E-state index contributed by atoms with van der Waals surface area (Å²) in [5, 5.41) is 4.03. The molecule has 1 heterocycles. The topological polar surface area (TPSA) is 68.2 Å². The maximum atomic E-state index is 6.23. The van der Waals surface area contributed by atoms with Crippen molar-refractivity contribution in [3.8, 4) is 0 Å². The molecule has 0 aromatic carbocycles. The average molecular weight is 254 g/mol. The molecule has 0 atom stereocenters. The third-order valence-electron chi connectivity index (χ3n) is 3.70. The summed E-state index contributed by atoms with van der Waals surface area (Å²) < 4.78 is 5.31. The van der Waals surface area contributed by atoms with E-state index in [9.17, 15) is 0 Å². The van der Waals surface area contributed by atoms with E-state index in [0.29, 0.717) is 5.89 Å². The Kier molecular flexibility index (Phi) is 5.75. The first-order chi connectivity index (χ1) is 8.59. The first-order valence-corrected chi connectivity index (χ1v) is 6.93. The molecule has 0 saturated carbocycles. The highest BCUT2D eigenvalue weighted by Gasteiger charge is 2.29. The SMILES string of the molecule is CCN(CC)CCc1noc(C(N)(CC)CC)n1. The van der Waals surface area contributed by atoms with Crippen LogP contribution in [0.2, 0.25) is 0 Å². The Morgan fingerprint density at radius 3 is 2.28 bits per heavy atom. The van der Waals surface area contributed by atoms with E-state index in [0.717, 1.165) is 44.7 Å². The second kappa shape index (κ2) is 6.85. The molecule has 0 aliphatic carbocycles. The normalized spacial score (nSPS) is 12.3. The third-order valence-corrected chi connectivity index (χ3v) is 3.70. The standard InChI is InChI=1S/C13H26N4O/c1-5-13(14,6-2)12-15-11(16-18-12)9-10-17(7-3)8-4/h5-10,14H2,1-4H3. The predicted octanol–water partition coefficient (Wildman–Crippen LogP) is 1.93. The number of aromatic nitrogens is 2. The molecule has 0 unspecified atom stereocenters. The van der Waals surface area contributed by atoms with Gasteiger partial charge in [-0.2, -0.15) is 4.98 Å².